The minimum Gasteiger partial charge on any atom is -0.480 e. The Morgan fingerprint density at radius 2 is 1.84 bits per heavy atom. The van der Waals surface area contributed by atoms with E-state index in [4.69, 9.17) is 4.74 Å². The monoisotopic (exact) mass is 347 g/mol. The highest BCUT2D eigenvalue weighted by atomic mass is 16.5. The molecule has 0 unspecified atom stereocenters. The minimum atomic E-state index is -1.08. The maximum Gasteiger partial charge on any atom is 0.338 e. The smallest absolute Gasteiger partial charge is 0.338 e. The Morgan fingerprint density at radius 3 is 2.36 bits per heavy atom. The number of nitrogens with one attached hydrogen (secondary N) is 1. The predicted molar refractivity (Wildman–Crippen MR) is 94.3 cm³/mol. The Balaban J connectivity index is 2.63. The van der Waals surface area contributed by atoms with Gasteiger partial charge in [0.1, 0.15) is 11.8 Å². The van der Waals surface area contributed by atoms with E-state index < -0.39 is 18.0 Å². The molecule has 1 rings (SSSR count). The summed E-state index contributed by atoms with van der Waals surface area (Å²) >= 11 is 0. The quantitative estimate of drug-likeness (QED) is 0.294. The number of carbonyl (C=O) groups is 3. The predicted octanol–water partition coefficient (Wildman–Crippen LogP) is 2.86. The van der Waals surface area contributed by atoms with Gasteiger partial charge in [0, 0.05) is 18.4 Å². The Morgan fingerprint density at radius 1 is 1.20 bits per heavy atom. The summed E-state index contributed by atoms with van der Waals surface area (Å²) in [5.41, 5.74) is 1.01. The summed E-state index contributed by atoms with van der Waals surface area (Å²) < 4.78 is 5.08. The van der Waals surface area contributed by atoms with E-state index in [0.717, 1.165) is 24.8 Å². The summed E-state index contributed by atoms with van der Waals surface area (Å²) in [4.78, 5) is 34.6. The Kier molecular flexibility index (Phi) is 8.39. The number of aliphatic carboxylic acids is 1. The van der Waals surface area contributed by atoms with E-state index in [0.29, 0.717) is 17.7 Å². The maximum absolute atomic E-state index is 11.8. The molecule has 1 amide bonds. The summed E-state index contributed by atoms with van der Waals surface area (Å²) in [6.07, 6.45) is 3.17. The molecule has 0 aliphatic rings. The molecular formula is C19H25NO5. The molecule has 0 aliphatic heterocycles. The SMILES string of the molecule is C=C(C)C(=O)Oc1ccc(C[C@H](NC(=O)CCCCC)C(=O)O)cc1. The standard InChI is InChI=1S/C19H25NO5/c1-4-5-6-7-17(21)20-16(18(22)23)12-14-8-10-15(11-9-14)25-19(24)13(2)3/h8-11,16H,2,4-7,12H2,1,3H3,(H,20,21)(H,22,23)/t16-/m0/s1. The first-order chi connectivity index (χ1) is 11.8. The fourth-order valence-corrected chi connectivity index (χ4v) is 2.13. The van der Waals surface area contributed by atoms with E-state index in [1.807, 2.05) is 6.92 Å². The molecule has 136 valence electrons. The van der Waals surface area contributed by atoms with Crippen molar-refractivity contribution in [3.8, 4) is 5.75 Å². The Bertz CT molecular complexity index is 621. The van der Waals surface area contributed by atoms with Gasteiger partial charge in [0.2, 0.25) is 5.91 Å². The van der Waals surface area contributed by atoms with Gasteiger partial charge in [-0.05, 0) is 31.0 Å². The number of carboxylic acid groups (broad SMARTS) is 1. The normalized spacial score (nSPS) is 11.4. The molecule has 1 atom stereocenters. The number of rotatable bonds is 10. The van der Waals surface area contributed by atoms with Crippen LogP contribution in [-0.4, -0.2) is 29.0 Å². The van der Waals surface area contributed by atoms with Gasteiger partial charge in [0.25, 0.3) is 0 Å². The number of ether oxygens (including phenoxy) is 1. The molecule has 0 bridgehead atoms. The van der Waals surface area contributed by atoms with Crippen LogP contribution < -0.4 is 10.1 Å². The van der Waals surface area contributed by atoms with Crippen molar-refractivity contribution in [3.63, 3.8) is 0 Å². The van der Waals surface area contributed by atoms with Crippen LogP contribution >= 0.6 is 0 Å². The molecule has 0 spiro atoms. The summed E-state index contributed by atoms with van der Waals surface area (Å²) in [7, 11) is 0. The second-order valence-corrected chi connectivity index (χ2v) is 5.93. The van der Waals surface area contributed by atoms with Crippen molar-refractivity contribution in [3.05, 3.63) is 42.0 Å². The van der Waals surface area contributed by atoms with E-state index in [9.17, 15) is 19.5 Å². The van der Waals surface area contributed by atoms with Gasteiger partial charge in [-0.25, -0.2) is 9.59 Å². The largest absolute Gasteiger partial charge is 0.480 e. The molecule has 0 fully saturated rings. The number of hydrogen-bond donors (Lipinski definition) is 2. The average molecular weight is 347 g/mol. The molecule has 0 radical (unpaired) electrons. The number of carbonyl (C=O) groups excluding carboxylic acids is 2. The highest BCUT2D eigenvalue weighted by Gasteiger charge is 2.20. The Hall–Kier alpha value is -2.63. The van der Waals surface area contributed by atoms with Gasteiger partial charge in [0.05, 0.1) is 0 Å². The third-order valence-electron chi connectivity index (χ3n) is 3.56. The number of esters is 1. The van der Waals surface area contributed by atoms with Crippen molar-refractivity contribution < 1.29 is 24.2 Å². The molecule has 0 aliphatic carbocycles. The minimum absolute atomic E-state index is 0.156. The van der Waals surface area contributed by atoms with Crippen molar-refractivity contribution in [2.24, 2.45) is 0 Å². The van der Waals surface area contributed by atoms with Crippen LogP contribution in [0.15, 0.2) is 36.4 Å². The topological polar surface area (TPSA) is 92.7 Å². The number of benzene rings is 1. The molecule has 1 aromatic rings. The third kappa shape index (κ3) is 7.65. The van der Waals surface area contributed by atoms with Crippen molar-refractivity contribution in [1.29, 1.82) is 0 Å². The number of amides is 1. The van der Waals surface area contributed by atoms with Crippen LogP contribution in [0.5, 0.6) is 5.75 Å². The summed E-state index contributed by atoms with van der Waals surface area (Å²) in [5, 5.41) is 11.8. The van der Waals surface area contributed by atoms with Gasteiger partial charge in [-0.3, -0.25) is 4.79 Å². The van der Waals surface area contributed by atoms with Crippen molar-refractivity contribution >= 4 is 17.8 Å². The maximum atomic E-state index is 11.8. The van der Waals surface area contributed by atoms with Gasteiger partial charge in [-0.15, -0.1) is 0 Å². The molecule has 0 saturated heterocycles. The molecule has 6 heteroatoms. The van der Waals surface area contributed by atoms with Crippen LogP contribution in [0.1, 0.15) is 45.1 Å². The third-order valence-corrected chi connectivity index (χ3v) is 3.56. The van der Waals surface area contributed by atoms with Crippen LogP contribution in [0.3, 0.4) is 0 Å². The van der Waals surface area contributed by atoms with E-state index in [1.165, 1.54) is 0 Å². The van der Waals surface area contributed by atoms with Gasteiger partial charge in [-0.2, -0.15) is 0 Å². The molecule has 1 aromatic carbocycles. The zero-order valence-corrected chi connectivity index (χ0v) is 14.7. The van der Waals surface area contributed by atoms with Crippen molar-refractivity contribution in [1.82, 2.24) is 5.32 Å². The summed E-state index contributed by atoms with van der Waals surface area (Å²) in [5.74, 6) is -1.50. The van der Waals surface area contributed by atoms with E-state index in [2.05, 4.69) is 11.9 Å². The molecule has 2 N–H and O–H groups in total. The molecular weight excluding hydrogens is 322 g/mol. The van der Waals surface area contributed by atoms with E-state index in [1.54, 1.807) is 31.2 Å². The number of unbranched alkanes of at least 4 members (excludes halogenated alkanes) is 2. The van der Waals surface area contributed by atoms with Gasteiger partial charge < -0.3 is 15.2 Å². The van der Waals surface area contributed by atoms with Crippen LogP contribution in [0.4, 0.5) is 0 Å². The first-order valence-electron chi connectivity index (χ1n) is 8.32. The molecule has 0 aromatic heterocycles. The molecule has 0 heterocycles. The van der Waals surface area contributed by atoms with Crippen LogP contribution in [0.2, 0.25) is 0 Å². The van der Waals surface area contributed by atoms with Crippen molar-refractivity contribution in [2.45, 2.75) is 52.0 Å². The lowest BCUT2D eigenvalue weighted by atomic mass is 10.1. The lowest BCUT2D eigenvalue weighted by Crippen LogP contribution is -2.42. The van der Waals surface area contributed by atoms with Crippen molar-refractivity contribution in [2.75, 3.05) is 0 Å². The summed E-state index contributed by atoms with van der Waals surface area (Å²) in [6.45, 7) is 7.09. The second-order valence-electron chi connectivity index (χ2n) is 5.93. The van der Waals surface area contributed by atoms with Crippen LogP contribution in [0, 0.1) is 0 Å². The van der Waals surface area contributed by atoms with Crippen LogP contribution in [0.25, 0.3) is 0 Å². The van der Waals surface area contributed by atoms with E-state index in [-0.39, 0.29) is 12.3 Å². The second kappa shape index (κ2) is 10.3. The number of carboxylic acids is 1. The average Bonchev–Trinajstić information content (AvgIpc) is 2.56. The zero-order chi connectivity index (χ0) is 18.8. The van der Waals surface area contributed by atoms with Gasteiger partial charge in [0.15, 0.2) is 0 Å². The lowest BCUT2D eigenvalue weighted by molar-refractivity contribution is -0.141. The lowest BCUT2D eigenvalue weighted by Gasteiger charge is -2.15. The van der Waals surface area contributed by atoms with E-state index >= 15 is 0 Å². The van der Waals surface area contributed by atoms with Gasteiger partial charge >= 0.3 is 11.9 Å². The molecule has 25 heavy (non-hydrogen) atoms. The fourth-order valence-electron chi connectivity index (χ4n) is 2.13. The zero-order valence-electron chi connectivity index (χ0n) is 14.7. The molecule has 6 nitrogen and oxygen atoms in total. The highest BCUT2D eigenvalue weighted by molar-refractivity contribution is 5.88. The molecule has 0 saturated carbocycles. The van der Waals surface area contributed by atoms with Crippen LogP contribution in [-0.2, 0) is 20.8 Å². The highest BCUT2D eigenvalue weighted by Crippen LogP contribution is 2.15. The fraction of sp³-hybridized carbons (Fsp3) is 0.421. The van der Waals surface area contributed by atoms with Gasteiger partial charge in [-0.1, -0.05) is 38.5 Å². The first-order valence-corrected chi connectivity index (χ1v) is 8.32. The number of hydrogen-bond acceptors (Lipinski definition) is 4. The summed E-state index contributed by atoms with van der Waals surface area (Å²) in [6, 6.07) is 5.51. The first kappa shape index (κ1) is 20.4. The Labute approximate surface area is 147 Å².